The summed E-state index contributed by atoms with van der Waals surface area (Å²) in [5.41, 5.74) is 8.61. The molecule has 15 heavy (non-hydrogen) atoms. The standard InChI is InChI=1S/C13H20N2/c1-11(14)12-7-3-4-8-13(12)15-9-5-2-6-10-15/h3-4,7-8,11H,2,5-6,9-10,14H2,1H3/t11-/m1/s1. The number of nitrogens with two attached hydrogens (primary N) is 1. The SMILES string of the molecule is C[C@@H](N)c1ccccc1N1CCCCC1. The summed E-state index contributed by atoms with van der Waals surface area (Å²) >= 11 is 0. The average Bonchev–Trinajstić information content (AvgIpc) is 2.30. The van der Waals surface area contributed by atoms with E-state index in [0.29, 0.717) is 0 Å². The molecule has 1 saturated heterocycles. The second kappa shape index (κ2) is 4.67. The minimum Gasteiger partial charge on any atom is -0.371 e. The third-order valence-electron chi connectivity index (χ3n) is 3.12. The van der Waals surface area contributed by atoms with Crippen molar-refractivity contribution in [3.05, 3.63) is 29.8 Å². The Morgan fingerprint density at radius 2 is 1.80 bits per heavy atom. The molecule has 2 rings (SSSR count). The number of para-hydroxylation sites is 1. The van der Waals surface area contributed by atoms with Crippen LogP contribution >= 0.6 is 0 Å². The summed E-state index contributed by atoms with van der Waals surface area (Å²) < 4.78 is 0. The number of hydrogen-bond donors (Lipinski definition) is 1. The molecule has 0 amide bonds. The molecule has 1 aromatic carbocycles. The predicted octanol–water partition coefficient (Wildman–Crippen LogP) is 2.70. The number of rotatable bonds is 2. The maximum Gasteiger partial charge on any atom is 0.0414 e. The third kappa shape index (κ3) is 2.32. The molecule has 0 aromatic heterocycles. The van der Waals surface area contributed by atoms with Crippen molar-refractivity contribution in [2.24, 2.45) is 5.73 Å². The van der Waals surface area contributed by atoms with Crippen molar-refractivity contribution >= 4 is 5.69 Å². The molecule has 1 aliphatic heterocycles. The van der Waals surface area contributed by atoms with Gasteiger partial charge in [-0.3, -0.25) is 0 Å². The van der Waals surface area contributed by atoms with Gasteiger partial charge in [-0.2, -0.15) is 0 Å². The van der Waals surface area contributed by atoms with Crippen LogP contribution < -0.4 is 10.6 Å². The van der Waals surface area contributed by atoms with Crippen molar-refractivity contribution in [3.8, 4) is 0 Å². The fraction of sp³-hybridized carbons (Fsp3) is 0.538. The summed E-state index contributed by atoms with van der Waals surface area (Å²) in [7, 11) is 0. The lowest BCUT2D eigenvalue weighted by Crippen LogP contribution is -2.30. The Hall–Kier alpha value is -1.02. The quantitative estimate of drug-likeness (QED) is 0.802. The summed E-state index contributed by atoms with van der Waals surface area (Å²) in [5.74, 6) is 0. The normalized spacial score (nSPS) is 18.9. The fourth-order valence-electron chi connectivity index (χ4n) is 2.30. The second-order valence-corrected chi connectivity index (χ2v) is 4.40. The Labute approximate surface area is 92.1 Å². The molecule has 1 heterocycles. The number of hydrogen-bond acceptors (Lipinski definition) is 2. The van der Waals surface area contributed by atoms with Gasteiger partial charge in [0.25, 0.3) is 0 Å². The molecule has 82 valence electrons. The Bertz CT molecular complexity index is 314. The van der Waals surface area contributed by atoms with Gasteiger partial charge in [-0.15, -0.1) is 0 Å². The zero-order chi connectivity index (χ0) is 10.7. The molecule has 0 spiro atoms. The lowest BCUT2D eigenvalue weighted by atomic mass is 10.0. The summed E-state index contributed by atoms with van der Waals surface area (Å²) in [6.07, 6.45) is 4.00. The number of anilines is 1. The van der Waals surface area contributed by atoms with Crippen molar-refractivity contribution in [2.45, 2.75) is 32.2 Å². The summed E-state index contributed by atoms with van der Waals surface area (Å²) in [5, 5.41) is 0. The molecule has 1 aromatic rings. The Kier molecular flexibility index (Phi) is 3.27. The van der Waals surface area contributed by atoms with Gasteiger partial charge in [0.2, 0.25) is 0 Å². The molecule has 2 heteroatoms. The van der Waals surface area contributed by atoms with Crippen LogP contribution in [0.3, 0.4) is 0 Å². The molecule has 0 saturated carbocycles. The zero-order valence-corrected chi connectivity index (χ0v) is 9.45. The van der Waals surface area contributed by atoms with Crippen molar-refractivity contribution in [3.63, 3.8) is 0 Å². The van der Waals surface area contributed by atoms with Crippen LogP contribution in [0.4, 0.5) is 5.69 Å². The van der Waals surface area contributed by atoms with Crippen molar-refractivity contribution < 1.29 is 0 Å². The van der Waals surface area contributed by atoms with E-state index in [2.05, 4.69) is 36.1 Å². The predicted molar refractivity (Wildman–Crippen MR) is 65.1 cm³/mol. The van der Waals surface area contributed by atoms with Crippen molar-refractivity contribution in [1.29, 1.82) is 0 Å². The summed E-state index contributed by atoms with van der Waals surface area (Å²) in [6.45, 7) is 4.43. The Morgan fingerprint density at radius 1 is 1.13 bits per heavy atom. The van der Waals surface area contributed by atoms with Gasteiger partial charge in [0.05, 0.1) is 0 Å². The lowest BCUT2D eigenvalue weighted by molar-refractivity contribution is 0.575. The van der Waals surface area contributed by atoms with Gasteiger partial charge >= 0.3 is 0 Å². The second-order valence-electron chi connectivity index (χ2n) is 4.40. The molecule has 0 unspecified atom stereocenters. The van der Waals surface area contributed by atoms with E-state index >= 15 is 0 Å². The largest absolute Gasteiger partial charge is 0.371 e. The molecule has 1 fully saturated rings. The van der Waals surface area contributed by atoms with E-state index in [1.54, 1.807) is 0 Å². The summed E-state index contributed by atoms with van der Waals surface area (Å²) in [6, 6.07) is 8.66. The highest BCUT2D eigenvalue weighted by Crippen LogP contribution is 2.27. The van der Waals surface area contributed by atoms with Gasteiger partial charge in [0.1, 0.15) is 0 Å². The molecular formula is C13H20N2. The minimum absolute atomic E-state index is 0.128. The van der Waals surface area contributed by atoms with E-state index in [4.69, 9.17) is 5.73 Å². The van der Waals surface area contributed by atoms with Crippen LogP contribution in [0.2, 0.25) is 0 Å². The molecule has 2 nitrogen and oxygen atoms in total. The number of nitrogens with zero attached hydrogens (tertiary/aromatic N) is 1. The lowest BCUT2D eigenvalue weighted by Gasteiger charge is -2.31. The van der Waals surface area contributed by atoms with E-state index in [0.717, 1.165) is 0 Å². The van der Waals surface area contributed by atoms with E-state index in [1.807, 2.05) is 0 Å². The van der Waals surface area contributed by atoms with Crippen molar-refractivity contribution in [1.82, 2.24) is 0 Å². The van der Waals surface area contributed by atoms with Crippen LogP contribution in [-0.4, -0.2) is 13.1 Å². The highest BCUT2D eigenvalue weighted by Gasteiger charge is 2.15. The van der Waals surface area contributed by atoms with Gasteiger partial charge in [0.15, 0.2) is 0 Å². The van der Waals surface area contributed by atoms with Gasteiger partial charge in [-0.05, 0) is 37.8 Å². The first kappa shape index (κ1) is 10.5. The highest BCUT2D eigenvalue weighted by atomic mass is 15.1. The molecule has 0 aliphatic carbocycles. The van der Waals surface area contributed by atoms with Gasteiger partial charge in [-0.1, -0.05) is 18.2 Å². The van der Waals surface area contributed by atoms with Crippen LogP contribution in [0.1, 0.15) is 37.8 Å². The highest BCUT2D eigenvalue weighted by molar-refractivity contribution is 5.55. The average molecular weight is 204 g/mol. The van der Waals surface area contributed by atoms with E-state index < -0.39 is 0 Å². The fourth-order valence-corrected chi connectivity index (χ4v) is 2.30. The molecule has 2 N–H and O–H groups in total. The third-order valence-corrected chi connectivity index (χ3v) is 3.12. The Balaban J connectivity index is 2.25. The molecule has 1 atom stereocenters. The van der Waals surface area contributed by atoms with Gasteiger partial charge < -0.3 is 10.6 Å². The van der Waals surface area contributed by atoms with Crippen LogP contribution in [0.25, 0.3) is 0 Å². The first-order valence-electron chi connectivity index (χ1n) is 5.88. The smallest absolute Gasteiger partial charge is 0.0414 e. The number of piperidine rings is 1. The van der Waals surface area contributed by atoms with Crippen molar-refractivity contribution in [2.75, 3.05) is 18.0 Å². The molecule has 0 bridgehead atoms. The first-order chi connectivity index (χ1) is 7.29. The topological polar surface area (TPSA) is 29.3 Å². The van der Waals surface area contributed by atoms with E-state index in [1.165, 1.54) is 43.6 Å². The van der Waals surface area contributed by atoms with E-state index in [9.17, 15) is 0 Å². The van der Waals surface area contributed by atoms with E-state index in [-0.39, 0.29) is 6.04 Å². The van der Waals surface area contributed by atoms with Crippen LogP contribution in [0.15, 0.2) is 24.3 Å². The van der Waals surface area contributed by atoms with Gasteiger partial charge in [0, 0.05) is 24.8 Å². The monoisotopic (exact) mass is 204 g/mol. The zero-order valence-electron chi connectivity index (χ0n) is 9.45. The van der Waals surface area contributed by atoms with Crippen LogP contribution in [-0.2, 0) is 0 Å². The summed E-state index contributed by atoms with van der Waals surface area (Å²) in [4.78, 5) is 2.47. The maximum absolute atomic E-state index is 5.99. The minimum atomic E-state index is 0.128. The van der Waals surface area contributed by atoms with Gasteiger partial charge in [-0.25, -0.2) is 0 Å². The molecule has 0 radical (unpaired) electrons. The first-order valence-corrected chi connectivity index (χ1v) is 5.88. The number of benzene rings is 1. The Morgan fingerprint density at radius 3 is 2.47 bits per heavy atom. The maximum atomic E-state index is 5.99. The van der Waals surface area contributed by atoms with Crippen LogP contribution in [0, 0.1) is 0 Å². The van der Waals surface area contributed by atoms with Crippen LogP contribution in [0.5, 0.6) is 0 Å². The molecule has 1 aliphatic rings. The molecular weight excluding hydrogens is 184 g/mol.